The van der Waals surface area contributed by atoms with Gasteiger partial charge in [0.15, 0.2) is 0 Å². The summed E-state index contributed by atoms with van der Waals surface area (Å²) in [7, 11) is 0. The molecule has 132 valence electrons. The molecule has 0 spiro atoms. The fourth-order valence-corrected chi connectivity index (χ4v) is 1.11. The largest absolute Gasteiger partial charge is 0.513 e. The van der Waals surface area contributed by atoms with Crippen LogP contribution in [0.3, 0.4) is 0 Å². The Morgan fingerprint density at radius 1 is 0.609 bits per heavy atom. The first-order chi connectivity index (χ1) is 11.2. The molecule has 0 aliphatic rings. The Labute approximate surface area is 134 Å². The van der Waals surface area contributed by atoms with Crippen molar-refractivity contribution in [3.8, 4) is 0 Å². The molecule has 0 saturated carbocycles. The highest BCUT2D eigenvalue weighted by Crippen LogP contribution is 1.88. The molecule has 0 saturated heterocycles. The van der Waals surface area contributed by atoms with Crippen molar-refractivity contribution in [2.24, 2.45) is 0 Å². The molecule has 0 fully saturated rings. The van der Waals surface area contributed by atoms with Crippen molar-refractivity contribution in [1.82, 2.24) is 0 Å². The summed E-state index contributed by atoms with van der Waals surface area (Å²) in [5.41, 5.74) is 0. The minimum Gasteiger partial charge on any atom is -0.432 e. The summed E-state index contributed by atoms with van der Waals surface area (Å²) in [4.78, 5) is 21.5. The first kappa shape index (κ1) is 20.9. The quantitative estimate of drug-likeness (QED) is 0.266. The first-order valence-electron chi connectivity index (χ1n) is 6.82. The van der Waals surface area contributed by atoms with Crippen LogP contribution >= 0.6 is 0 Å². The van der Waals surface area contributed by atoms with E-state index in [1.165, 1.54) is 0 Å². The van der Waals surface area contributed by atoms with Gasteiger partial charge in [-0.05, 0) is 0 Å². The lowest BCUT2D eigenvalue weighted by Crippen LogP contribution is -2.15. The molecule has 0 aromatic rings. The zero-order valence-corrected chi connectivity index (χ0v) is 12.9. The molecule has 23 heavy (non-hydrogen) atoms. The van der Waals surface area contributed by atoms with Gasteiger partial charge in [-0.25, -0.2) is 9.59 Å². The fraction of sp³-hybridized carbons (Fsp3) is 0.571. The average molecular weight is 334 g/mol. The Balaban J connectivity index is 3.13. The lowest BCUT2D eigenvalue weighted by atomic mass is 10.7. The molecule has 0 aromatic carbocycles. The summed E-state index contributed by atoms with van der Waals surface area (Å²) in [5.74, 6) is 0. The standard InChI is InChI=1S/C14H22O9/c1-3-20-13(15)22-11-9-18-7-5-17-6-8-19-10-12-23-14(16)21-4-2/h3-4H,1-2,5-12H2. The maximum Gasteiger partial charge on any atom is 0.513 e. The Morgan fingerprint density at radius 2 is 0.913 bits per heavy atom. The third-order valence-corrected chi connectivity index (χ3v) is 2.00. The average Bonchev–Trinajstić information content (AvgIpc) is 2.52. The second-order valence-corrected chi connectivity index (χ2v) is 3.60. The van der Waals surface area contributed by atoms with E-state index in [0.29, 0.717) is 26.4 Å². The van der Waals surface area contributed by atoms with Crippen LogP contribution in [0.25, 0.3) is 0 Å². The van der Waals surface area contributed by atoms with Crippen LogP contribution in [0.15, 0.2) is 25.7 Å². The summed E-state index contributed by atoms with van der Waals surface area (Å²) >= 11 is 0. The van der Waals surface area contributed by atoms with Gasteiger partial charge in [-0.1, -0.05) is 13.2 Å². The summed E-state index contributed by atoms with van der Waals surface area (Å²) in [5, 5.41) is 0. The van der Waals surface area contributed by atoms with Gasteiger partial charge in [0, 0.05) is 0 Å². The summed E-state index contributed by atoms with van der Waals surface area (Å²) in [6.07, 6.45) is 0.327. The predicted octanol–water partition coefficient (Wildman–Crippen LogP) is 1.63. The van der Waals surface area contributed by atoms with Crippen LogP contribution in [0.5, 0.6) is 0 Å². The molecule has 0 N–H and O–H groups in total. The molecule has 9 nitrogen and oxygen atoms in total. The maximum absolute atomic E-state index is 10.7. The lowest BCUT2D eigenvalue weighted by Gasteiger charge is -2.07. The van der Waals surface area contributed by atoms with Crippen LogP contribution in [0, 0.1) is 0 Å². The monoisotopic (exact) mass is 334 g/mol. The van der Waals surface area contributed by atoms with Gasteiger partial charge < -0.3 is 33.2 Å². The van der Waals surface area contributed by atoms with Crippen molar-refractivity contribution < 1.29 is 42.7 Å². The third-order valence-electron chi connectivity index (χ3n) is 2.00. The molecule has 0 radical (unpaired) electrons. The number of carbonyl (C=O) groups excluding carboxylic acids is 2. The summed E-state index contributed by atoms with van der Waals surface area (Å²) in [6.45, 7) is 8.55. The number of hydrogen-bond donors (Lipinski definition) is 0. The minimum atomic E-state index is -0.821. The van der Waals surface area contributed by atoms with E-state index >= 15 is 0 Å². The Bertz CT molecular complexity index is 311. The first-order valence-corrected chi connectivity index (χ1v) is 6.82. The summed E-state index contributed by atoms with van der Waals surface area (Å²) < 4.78 is 33.5. The van der Waals surface area contributed by atoms with Crippen LogP contribution in [0.1, 0.15) is 0 Å². The van der Waals surface area contributed by atoms with Gasteiger partial charge in [0.2, 0.25) is 0 Å². The van der Waals surface area contributed by atoms with Gasteiger partial charge in [-0.2, -0.15) is 0 Å². The van der Waals surface area contributed by atoms with Gasteiger partial charge in [0.05, 0.1) is 52.2 Å². The molecule has 0 rings (SSSR count). The molecule has 0 aliphatic carbocycles. The Hall–Kier alpha value is -2.10. The second-order valence-electron chi connectivity index (χ2n) is 3.60. The van der Waals surface area contributed by atoms with E-state index in [-0.39, 0.29) is 26.4 Å². The van der Waals surface area contributed by atoms with E-state index in [2.05, 4.69) is 32.1 Å². The van der Waals surface area contributed by atoms with Crippen LogP contribution in [-0.2, 0) is 33.2 Å². The molecule has 0 atom stereocenters. The van der Waals surface area contributed by atoms with Crippen molar-refractivity contribution in [2.75, 3.05) is 52.9 Å². The highest BCUT2D eigenvalue weighted by molar-refractivity contribution is 5.60. The van der Waals surface area contributed by atoms with Crippen molar-refractivity contribution in [1.29, 1.82) is 0 Å². The van der Waals surface area contributed by atoms with Crippen molar-refractivity contribution in [2.45, 2.75) is 0 Å². The SMILES string of the molecule is C=COC(=O)OCCOCCOCCOCCOC(=O)OC=C. The summed E-state index contributed by atoms with van der Waals surface area (Å²) in [6, 6.07) is 0. The molecule has 0 aliphatic heterocycles. The van der Waals surface area contributed by atoms with E-state index in [0.717, 1.165) is 12.5 Å². The van der Waals surface area contributed by atoms with Gasteiger partial charge in [0.25, 0.3) is 0 Å². The smallest absolute Gasteiger partial charge is 0.432 e. The molecule has 9 heteroatoms. The number of ether oxygens (including phenoxy) is 7. The molecular formula is C14H22O9. The van der Waals surface area contributed by atoms with Crippen LogP contribution in [0.2, 0.25) is 0 Å². The molecule has 0 heterocycles. The molecule has 0 bridgehead atoms. The van der Waals surface area contributed by atoms with E-state index in [4.69, 9.17) is 14.2 Å². The van der Waals surface area contributed by atoms with E-state index < -0.39 is 12.3 Å². The molecular weight excluding hydrogens is 312 g/mol. The van der Waals surface area contributed by atoms with Gasteiger partial charge in [-0.15, -0.1) is 0 Å². The number of rotatable bonds is 14. The zero-order valence-electron chi connectivity index (χ0n) is 12.9. The van der Waals surface area contributed by atoms with Gasteiger partial charge in [-0.3, -0.25) is 0 Å². The highest BCUT2D eigenvalue weighted by atomic mass is 16.7. The predicted molar refractivity (Wildman–Crippen MR) is 77.7 cm³/mol. The van der Waals surface area contributed by atoms with E-state index in [1.807, 2.05) is 0 Å². The highest BCUT2D eigenvalue weighted by Gasteiger charge is 2.01. The Morgan fingerprint density at radius 3 is 1.22 bits per heavy atom. The number of carbonyl (C=O) groups is 2. The second kappa shape index (κ2) is 16.3. The van der Waals surface area contributed by atoms with E-state index in [9.17, 15) is 9.59 Å². The normalized spacial score (nSPS) is 9.74. The molecule has 0 amide bonds. The Kier molecular flexibility index (Phi) is 14.8. The maximum atomic E-state index is 10.7. The van der Waals surface area contributed by atoms with Crippen LogP contribution in [0.4, 0.5) is 9.59 Å². The van der Waals surface area contributed by atoms with Gasteiger partial charge >= 0.3 is 12.3 Å². The lowest BCUT2D eigenvalue weighted by molar-refractivity contribution is -0.00685. The number of hydrogen-bond acceptors (Lipinski definition) is 9. The topological polar surface area (TPSA) is 98.8 Å². The van der Waals surface area contributed by atoms with Crippen LogP contribution in [-0.4, -0.2) is 65.2 Å². The molecule has 0 aromatic heterocycles. The fourth-order valence-electron chi connectivity index (χ4n) is 1.11. The third kappa shape index (κ3) is 16.1. The zero-order chi connectivity index (χ0) is 17.2. The van der Waals surface area contributed by atoms with Crippen molar-refractivity contribution in [3.63, 3.8) is 0 Å². The molecule has 0 unspecified atom stereocenters. The van der Waals surface area contributed by atoms with Crippen LogP contribution < -0.4 is 0 Å². The van der Waals surface area contributed by atoms with Crippen molar-refractivity contribution >= 4 is 12.3 Å². The van der Waals surface area contributed by atoms with Crippen molar-refractivity contribution in [3.05, 3.63) is 25.7 Å². The minimum absolute atomic E-state index is 0.0874. The van der Waals surface area contributed by atoms with E-state index in [1.54, 1.807) is 0 Å². The van der Waals surface area contributed by atoms with Gasteiger partial charge in [0.1, 0.15) is 13.2 Å².